The maximum Gasteiger partial charge on any atom is 0.338 e. The summed E-state index contributed by atoms with van der Waals surface area (Å²) in [5.41, 5.74) is -0.202. The summed E-state index contributed by atoms with van der Waals surface area (Å²) >= 11 is 1.02. The zero-order chi connectivity index (χ0) is 23.9. The van der Waals surface area contributed by atoms with Crippen molar-refractivity contribution in [2.45, 2.75) is 22.9 Å². The van der Waals surface area contributed by atoms with Gasteiger partial charge in [-0.25, -0.2) is 14.4 Å². The number of rotatable bonds is 7. The molecule has 3 aromatic rings. The van der Waals surface area contributed by atoms with Gasteiger partial charge < -0.3 is 19.3 Å². The Morgan fingerprint density at radius 1 is 0.647 bits per heavy atom. The fourth-order valence-electron chi connectivity index (χ4n) is 3.46. The lowest BCUT2D eigenvalue weighted by molar-refractivity contribution is -0.0557. The highest BCUT2D eigenvalue weighted by atomic mass is 32.2. The van der Waals surface area contributed by atoms with Crippen molar-refractivity contribution in [2.24, 2.45) is 0 Å². The van der Waals surface area contributed by atoms with Crippen molar-refractivity contribution >= 4 is 29.7 Å². The van der Waals surface area contributed by atoms with Crippen LogP contribution in [0.2, 0.25) is 0 Å². The molecule has 1 saturated heterocycles. The molecular formula is C26H22O7S. The number of ether oxygens (including phenoxy) is 3. The highest BCUT2D eigenvalue weighted by Crippen LogP contribution is 2.38. The normalized spacial score (nSPS) is 21.4. The molecule has 0 aromatic heterocycles. The minimum absolute atomic E-state index is 0.151. The molecule has 1 aliphatic heterocycles. The molecule has 4 atom stereocenters. The molecule has 8 heteroatoms. The molecule has 0 spiro atoms. The van der Waals surface area contributed by atoms with Crippen LogP contribution in [0.4, 0.5) is 0 Å². The number of thioether (sulfide) groups is 1. The SMILES string of the molecule is O=C(OC[C@@H]1SC(O)C(OC(=O)c2ccccc2)[C@H]1OC(=O)c1ccccc1)c1ccccc1. The maximum atomic E-state index is 12.8. The summed E-state index contributed by atoms with van der Waals surface area (Å²) in [5.74, 6) is -1.85. The molecule has 2 unspecified atom stereocenters. The van der Waals surface area contributed by atoms with Gasteiger partial charge in [0.2, 0.25) is 0 Å². The second-order valence-corrected chi connectivity index (χ2v) is 8.86. The van der Waals surface area contributed by atoms with Crippen LogP contribution in [0.5, 0.6) is 0 Å². The molecule has 0 amide bonds. The average molecular weight is 479 g/mol. The first-order valence-corrected chi connectivity index (χ1v) is 11.5. The van der Waals surface area contributed by atoms with Crippen LogP contribution in [-0.2, 0) is 14.2 Å². The lowest BCUT2D eigenvalue weighted by Gasteiger charge is -2.24. The van der Waals surface area contributed by atoms with E-state index in [1.807, 2.05) is 0 Å². The fraction of sp³-hybridized carbons (Fsp3) is 0.192. The van der Waals surface area contributed by atoms with Gasteiger partial charge in [-0.3, -0.25) is 0 Å². The summed E-state index contributed by atoms with van der Waals surface area (Å²) in [4.78, 5) is 37.8. The molecule has 174 valence electrons. The van der Waals surface area contributed by atoms with E-state index >= 15 is 0 Å². The average Bonchev–Trinajstić information content (AvgIpc) is 3.17. The van der Waals surface area contributed by atoms with E-state index in [9.17, 15) is 19.5 Å². The third kappa shape index (κ3) is 5.65. The van der Waals surface area contributed by atoms with Gasteiger partial charge in [0.1, 0.15) is 12.0 Å². The summed E-state index contributed by atoms with van der Waals surface area (Å²) in [6, 6.07) is 25.1. The lowest BCUT2D eigenvalue weighted by atomic mass is 10.1. The molecule has 1 heterocycles. The van der Waals surface area contributed by atoms with E-state index in [1.54, 1.807) is 91.0 Å². The molecule has 0 bridgehead atoms. The molecule has 1 N–H and O–H groups in total. The lowest BCUT2D eigenvalue weighted by Crippen LogP contribution is -2.41. The zero-order valence-corrected chi connectivity index (χ0v) is 18.8. The number of esters is 3. The van der Waals surface area contributed by atoms with Crippen molar-refractivity contribution in [1.82, 2.24) is 0 Å². The van der Waals surface area contributed by atoms with E-state index < -0.39 is 40.8 Å². The van der Waals surface area contributed by atoms with Gasteiger partial charge in [0, 0.05) is 0 Å². The second kappa shape index (κ2) is 11.0. The van der Waals surface area contributed by atoms with Crippen LogP contribution in [0.25, 0.3) is 0 Å². The highest BCUT2D eigenvalue weighted by molar-refractivity contribution is 8.00. The van der Waals surface area contributed by atoms with Gasteiger partial charge in [0.15, 0.2) is 12.2 Å². The molecule has 0 radical (unpaired) electrons. The number of hydrogen-bond donors (Lipinski definition) is 1. The smallest absolute Gasteiger partial charge is 0.338 e. The van der Waals surface area contributed by atoms with Crippen LogP contribution >= 0.6 is 11.8 Å². The third-order valence-electron chi connectivity index (χ3n) is 5.18. The molecule has 1 aliphatic rings. The predicted octanol–water partition coefficient (Wildman–Crippen LogP) is 3.73. The van der Waals surface area contributed by atoms with Gasteiger partial charge in [0.05, 0.1) is 21.9 Å². The number of carbonyl (C=O) groups excluding carboxylic acids is 3. The van der Waals surface area contributed by atoms with E-state index in [2.05, 4.69) is 0 Å². The Hall–Kier alpha value is -3.62. The van der Waals surface area contributed by atoms with Crippen molar-refractivity contribution < 1.29 is 33.7 Å². The quantitative estimate of drug-likeness (QED) is 0.405. The molecule has 1 fully saturated rings. The number of aliphatic hydroxyl groups excluding tert-OH is 1. The van der Waals surface area contributed by atoms with E-state index in [0.29, 0.717) is 16.7 Å². The van der Waals surface area contributed by atoms with E-state index in [0.717, 1.165) is 11.8 Å². The van der Waals surface area contributed by atoms with Crippen molar-refractivity contribution in [3.63, 3.8) is 0 Å². The van der Waals surface area contributed by atoms with Crippen LogP contribution in [0, 0.1) is 0 Å². The van der Waals surface area contributed by atoms with E-state index in [-0.39, 0.29) is 6.61 Å². The van der Waals surface area contributed by atoms with Crippen molar-refractivity contribution in [2.75, 3.05) is 6.61 Å². The molecule has 4 rings (SSSR count). The van der Waals surface area contributed by atoms with Crippen LogP contribution in [-0.4, -0.2) is 52.5 Å². The first-order chi connectivity index (χ1) is 16.5. The highest BCUT2D eigenvalue weighted by Gasteiger charge is 2.49. The summed E-state index contributed by atoms with van der Waals surface area (Å²) < 4.78 is 16.6. The summed E-state index contributed by atoms with van der Waals surface area (Å²) in [6.07, 6.45) is -2.19. The molecular weight excluding hydrogens is 456 g/mol. The van der Waals surface area contributed by atoms with Crippen LogP contribution in [0.1, 0.15) is 31.1 Å². The van der Waals surface area contributed by atoms with Gasteiger partial charge >= 0.3 is 17.9 Å². The van der Waals surface area contributed by atoms with Gasteiger partial charge in [-0.1, -0.05) is 54.6 Å². The number of carbonyl (C=O) groups is 3. The number of hydrogen-bond acceptors (Lipinski definition) is 8. The van der Waals surface area contributed by atoms with Gasteiger partial charge in [-0.2, -0.15) is 0 Å². The van der Waals surface area contributed by atoms with Gasteiger partial charge in [-0.05, 0) is 36.4 Å². The Kier molecular flexibility index (Phi) is 7.61. The minimum Gasteiger partial charge on any atom is -0.461 e. The van der Waals surface area contributed by atoms with Gasteiger partial charge in [-0.15, -0.1) is 11.8 Å². The molecule has 0 aliphatic carbocycles. The van der Waals surface area contributed by atoms with E-state index in [1.165, 1.54) is 0 Å². The first kappa shape index (κ1) is 23.5. The van der Waals surface area contributed by atoms with Crippen LogP contribution < -0.4 is 0 Å². The van der Waals surface area contributed by atoms with Crippen LogP contribution in [0.15, 0.2) is 91.0 Å². The largest absolute Gasteiger partial charge is 0.461 e. The first-order valence-electron chi connectivity index (χ1n) is 10.6. The molecule has 0 saturated carbocycles. The molecule has 7 nitrogen and oxygen atoms in total. The second-order valence-electron chi connectivity index (χ2n) is 7.50. The predicted molar refractivity (Wildman–Crippen MR) is 125 cm³/mol. The molecule has 34 heavy (non-hydrogen) atoms. The Balaban J connectivity index is 1.51. The Morgan fingerprint density at radius 3 is 1.53 bits per heavy atom. The third-order valence-corrected chi connectivity index (χ3v) is 6.48. The fourth-order valence-corrected chi connectivity index (χ4v) is 4.69. The maximum absolute atomic E-state index is 12.8. The minimum atomic E-state index is -1.18. The number of aliphatic hydroxyl groups is 1. The molecule has 3 aromatic carbocycles. The number of benzene rings is 3. The zero-order valence-electron chi connectivity index (χ0n) is 18.0. The Morgan fingerprint density at radius 2 is 1.06 bits per heavy atom. The van der Waals surface area contributed by atoms with E-state index in [4.69, 9.17) is 14.2 Å². The van der Waals surface area contributed by atoms with Gasteiger partial charge in [0.25, 0.3) is 0 Å². The Labute approximate surface area is 200 Å². The van der Waals surface area contributed by atoms with Crippen molar-refractivity contribution in [3.8, 4) is 0 Å². The van der Waals surface area contributed by atoms with Crippen LogP contribution in [0.3, 0.4) is 0 Å². The Bertz CT molecular complexity index is 1120. The summed E-state index contributed by atoms with van der Waals surface area (Å²) in [7, 11) is 0. The van der Waals surface area contributed by atoms with Crippen molar-refractivity contribution in [1.29, 1.82) is 0 Å². The topological polar surface area (TPSA) is 99.1 Å². The monoisotopic (exact) mass is 478 g/mol. The standard InChI is InChI=1S/C26H22O7S/c27-23(17-10-4-1-5-11-17)31-16-20-21(32-24(28)18-12-6-2-7-13-18)22(26(30)34-20)33-25(29)19-14-8-3-9-15-19/h1-15,20-22,26,30H,16H2/t20-,21-,22?,26?/m0/s1. The van der Waals surface area contributed by atoms with Crippen molar-refractivity contribution in [3.05, 3.63) is 108 Å². The summed E-state index contributed by atoms with van der Waals surface area (Å²) in [6.45, 7) is -0.151. The summed E-state index contributed by atoms with van der Waals surface area (Å²) in [5, 5.41) is 10.00.